The molecule has 2 aromatic heterocycles. The molecule has 0 radical (unpaired) electrons. The van der Waals surface area contributed by atoms with Gasteiger partial charge in [0.2, 0.25) is 5.88 Å². The molecule has 0 amide bonds. The summed E-state index contributed by atoms with van der Waals surface area (Å²) in [6.07, 6.45) is -2.50. The number of nitrogen functional groups attached to an aromatic ring is 1. The number of ether oxygens (including phenoxy) is 1. The first-order valence-electron chi connectivity index (χ1n) is 5.12. The van der Waals surface area contributed by atoms with Gasteiger partial charge in [-0.2, -0.15) is 13.2 Å². The normalized spacial score (nSPS) is 11.4. The Kier molecular flexibility index (Phi) is 3.24. The Hall–Kier alpha value is -2.38. The molecule has 2 heterocycles. The quantitative estimate of drug-likeness (QED) is 0.905. The van der Waals surface area contributed by atoms with Crippen LogP contribution in [-0.2, 0) is 6.18 Å². The van der Waals surface area contributed by atoms with Gasteiger partial charge in [-0.05, 0) is 6.07 Å². The van der Waals surface area contributed by atoms with Crippen LogP contribution in [-0.4, -0.2) is 22.1 Å². The zero-order chi connectivity index (χ0) is 14.0. The molecule has 5 nitrogen and oxygen atoms in total. The van der Waals surface area contributed by atoms with Crippen LogP contribution >= 0.6 is 0 Å². The monoisotopic (exact) mass is 270 g/mol. The van der Waals surface area contributed by atoms with Crippen LogP contribution in [0.2, 0.25) is 0 Å². The fourth-order valence-corrected chi connectivity index (χ4v) is 1.43. The summed E-state index contributed by atoms with van der Waals surface area (Å²) >= 11 is 0. The molecule has 0 saturated carbocycles. The number of nitrogens with two attached hydrogens (primary N) is 1. The van der Waals surface area contributed by atoms with E-state index in [0.29, 0.717) is 17.6 Å². The van der Waals surface area contributed by atoms with Crippen LogP contribution < -0.4 is 10.5 Å². The fraction of sp³-hybridized carbons (Fsp3) is 0.182. The molecule has 0 aliphatic heterocycles. The summed E-state index contributed by atoms with van der Waals surface area (Å²) in [5, 5.41) is 0. The molecule has 0 fully saturated rings. The lowest BCUT2D eigenvalue weighted by molar-refractivity contribution is -0.141. The van der Waals surface area contributed by atoms with Gasteiger partial charge in [0.15, 0.2) is 11.5 Å². The van der Waals surface area contributed by atoms with E-state index in [1.807, 2.05) is 0 Å². The summed E-state index contributed by atoms with van der Waals surface area (Å²) in [7, 11) is 1.42. The van der Waals surface area contributed by atoms with Crippen molar-refractivity contribution >= 4 is 5.82 Å². The molecule has 0 bridgehead atoms. The summed E-state index contributed by atoms with van der Waals surface area (Å²) in [4.78, 5) is 10.9. The van der Waals surface area contributed by atoms with Crippen molar-refractivity contribution in [2.75, 3.05) is 12.8 Å². The summed E-state index contributed by atoms with van der Waals surface area (Å²) in [5.41, 5.74) is 5.00. The molecule has 100 valence electrons. The Morgan fingerprint density at radius 3 is 2.58 bits per heavy atom. The SMILES string of the molecule is COc1cc(-c2ncc(C(F)(F)F)nc2N)ccn1. The third-order valence-corrected chi connectivity index (χ3v) is 2.31. The van der Waals surface area contributed by atoms with Gasteiger partial charge in [-0.15, -0.1) is 0 Å². The van der Waals surface area contributed by atoms with Crippen LogP contribution in [0.4, 0.5) is 19.0 Å². The lowest BCUT2D eigenvalue weighted by Crippen LogP contribution is -2.11. The molecule has 19 heavy (non-hydrogen) atoms. The first kappa shape index (κ1) is 13.1. The van der Waals surface area contributed by atoms with E-state index in [4.69, 9.17) is 10.5 Å². The van der Waals surface area contributed by atoms with Gasteiger partial charge >= 0.3 is 6.18 Å². The lowest BCUT2D eigenvalue weighted by Gasteiger charge is -2.09. The van der Waals surface area contributed by atoms with Crippen LogP contribution in [0.25, 0.3) is 11.3 Å². The smallest absolute Gasteiger partial charge is 0.434 e. The van der Waals surface area contributed by atoms with Crippen molar-refractivity contribution in [1.82, 2.24) is 15.0 Å². The molecule has 8 heteroatoms. The molecule has 2 rings (SSSR count). The number of hydrogen-bond donors (Lipinski definition) is 1. The van der Waals surface area contributed by atoms with E-state index in [1.165, 1.54) is 19.4 Å². The van der Waals surface area contributed by atoms with Gasteiger partial charge in [0.05, 0.1) is 13.3 Å². The number of rotatable bonds is 2. The van der Waals surface area contributed by atoms with Crippen molar-refractivity contribution in [2.24, 2.45) is 0 Å². The second kappa shape index (κ2) is 4.71. The maximum Gasteiger partial charge on any atom is 0.434 e. The predicted molar refractivity (Wildman–Crippen MR) is 61.2 cm³/mol. The first-order chi connectivity index (χ1) is 8.91. The predicted octanol–water partition coefficient (Wildman–Crippen LogP) is 2.15. The van der Waals surface area contributed by atoms with Crippen LogP contribution in [0, 0.1) is 0 Å². The van der Waals surface area contributed by atoms with Gasteiger partial charge in [-0.1, -0.05) is 0 Å². The van der Waals surface area contributed by atoms with Gasteiger partial charge < -0.3 is 10.5 Å². The molecule has 0 aliphatic carbocycles. The Bertz CT molecular complexity index is 601. The zero-order valence-electron chi connectivity index (χ0n) is 9.77. The molecule has 2 aromatic rings. The van der Waals surface area contributed by atoms with E-state index in [0.717, 1.165) is 0 Å². The maximum atomic E-state index is 12.4. The summed E-state index contributed by atoms with van der Waals surface area (Å²) in [5.74, 6) is 0.00155. The van der Waals surface area contributed by atoms with Gasteiger partial charge in [0.1, 0.15) is 5.69 Å². The third-order valence-electron chi connectivity index (χ3n) is 2.31. The number of methoxy groups -OCH3 is 1. The van der Waals surface area contributed by atoms with Gasteiger partial charge in [0.25, 0.3) is 0 Å². The summed E-state index contributed by atoms with van der Waals surface area (Å²) < 4.78 is 42.2. The Balaban J connectivity index is 2.46. The lowest BCUT2D eigenvalue weighted by atomic mass is 10.2. The van der Waals surface area contributed by atoms with E-state index in [-0.39, 0.29) is 11.5 Å². The van der Waals surface area contributed by atoms with Crippen molar-refractivity contribution < 1.29 is 17.9 Å². The first-order valence-corrected chi connectivity index (χ1v) is 5.12. The molecule has 0 aliphatic rings. The second-order valence-electron chi connectivity index (χ2n) is 3.57. The fourth-order valence-electron chi connectivity index (χ4n) is 1.43. The molecule has 0 aromatic carbocycles. The Morgan fingerprint density at radius 1 is 1.26 bits per heavy atom. The maximum absolute atomic E-state index is 12.4. The highest BCUT2D eigenvalue weighted by Gasteiger charge is 2.33. The molecular weight excluding hydrogens is 261 g/mol. The number of hydrogen-bond acceptors (Lipinski definition) is 5. The van der Waals surface area contributed by atoms with Gasteiger partial charge in [0, 0.05) is 17.8 Å². The summed E-state index contributed by atoms with van der Waals surface area (Å²) in [6, 6.07) is 3.06. The number of aromatic nitrogens is 3. The van der Waals surface area contributed by atoms with Crippen molar-refractivity contribution in [3.63, 3.8) is 0 Å². The third kappa shape index (κ3) is 2.72. The van der Waals surface area contributed by atoms with Crippen molar-refractivity contribution in [2.45, 2.75) is 6.18 Å². The minimum absolute atomic E-state index is 0.147. The van der Waals surface area contributed by atoms with Crippen LogP contribution in [0.5, 0.6) is 5.88 Å². The van der Waals surface area contributed by atoms with Crippen molar-refractivity contribution in [1.29, 1.82) is 0 Å². The van der Waals surface area contributed by atoms with E-state index < -0.39 is 11.9 Å². The molecule has 0 unspecified atom stereocenters. The summed E-state index contributed by atoms with van der Waals surface area (Å²) in [6.45, 7) is 0. The second-order valence-corrected chi connectivity index (χ2v) is 3.57. The average molecular weight is 270 g/mol. The van der Waals surface area contributed by atoms with Crippen LogP contribution in [0.1, 0.15) is 5.69 Å². The highest BCUT2D eigenvalue weighted by atomic mass is 19.4. The van der Waals surface area contributed by atoms with Crippen molar-refractivity contribution in [3.8, 4) is 17.1 Å². The zero-order valence-corrected chi connectivity index (χ0v) is 9.77. The topological polar surface area (TPSA) is 73.9 Å². The minimum atomic E-state index is -4.57. The highest BCUT2D eigenvalue weighted by Crippen LogP contribution is 2.30. The average Bonchev–Trinajstić information content (AvgIpc) is 2.37. The molecule has 0 spiro atoms. The molecular formula is C11H9F3N4O. The number of pyridine rings is 1. The van der Waals surface area contributed by atoms with Gasteiger partial charge in [-0.25, -0.2) is 9.97 Å². The highest BCUT2D eigenvalue weighted by molar-refractivity contribution is 5.70. The molecule has 2 N–H and O–H groups in total. The molecule has 0 saturated heterocycles. The van der Waals surface area contributed by atoms with E-state index in [2.05, 4.69) is 15.0 Å². The largest absolute Gasteiger partial charge is 0.481 e. The van der Waals surface area contributed by atoms with Crippen molar-refractivity contribution in [3.05, 3.63) is 30.2 Å². The number of anilines is 1. The van der Waals surface area contributed by atoms with Crippen LogP contribution in [0.15, 0.2) is 24.5 Å². The van der Waals surface area contributed by atoms with E-state index in [9.17, 15) is 13.2 Å². The molecule has 0 atom stereocenters. The van der Waals surface area contributed by atoms with E-state index >= 15 is 0 Å². The minimum Gasteiger partial charge on any atom is -0.481 e. The van der Waals surface area contributed by atoms with Crippen LogP contribution in [0.3, 0.4) is 0 Å². The van der Waals surface area contributed by atoms with Gasteiger partial charge in [-0.3, -0.25) is 4.98 Å². The number of alkyl halides is 3. The number of halogens is 3. The Morgan fingerprint density at radius 2 is 2.00 bits per heavy atom. The number of nitrogens with zero attached hydrogens (tertiary/aromatic N) is 3. The van der Waals surface area contributed by atoms with E-state index in [1.54, 1.807) is 6.07 Å². The Labute approximate surface area is 106 Å². The standard InChI is InChI=1S/C11H9F3N4O/c1-19-8-4-6(2-3-16-8)9-10(15)18-7(5-17-9)11(12,13)14/h2-5H,1H3,(H2,15,18).